The van der Waals surface area contributed by atoms with Crippen LogP contribution in [-0.2, 0) is 0 Å². The van der Waals surface area contributed by atoms with Gasteiger partial charge < -0.3 is 5.32 Å². The number of halogens is 1. The molecule has 0 radical (unpaired) electrons. The lowest BCUT2D eigenvalue weighted by molar-refractivity contribution is 0.188. The van der Waals surface area contributed by atoms with E-state index in [0.717, 1.165) is 17.3 Å². The first kappa shape index (κ1) is 10.7. The predicted octanol–water partition coefficient (Wildman–Crippen LogP) is 2.89. The van der Waals surface area contributed by atoms with E-state index >= 15 is 0 Å². The Morgan fingerprint density at radius 2 is 2.20 bits per heavy atom. The standard InChI is InChI=1S/C11H16ClN3/c1-6-4-9(8(6)3)14-10-7(2)5-13-11(12)15-10/h5-6,8-9H,4H2,1-3H3,(H,13,14,15). The number of hydrogen-bond acceptors (Lipinski definition) is 3. The van der Waals surface area contributed by atoms with Crippen molar-refractivity contribution in [3.8, 4) is 0 Å². The molecule has 1 aromatic rings. The van der Waals surface area contributed by atoms with E-state index in [-0.39, 0.29) is 0 Å². The molecular formula is C11H16ClN3. The van der Waals surface area contributed by atoms with Crippen LogP contribution >= 0.6 is 11.6 Å². The lowest BCUT2D eigenvalue weighted by Crippen LogP contribution is -2.43. The van der Waals surface area contributed by atoms with Crippen LogP contribution in [0.25, 0.3) is 0 Å². The van der Waals surface area contributed by atoms with E-state index in [1.165, 1.54) is 6.42 Å². The molecule has 0 saturated heterocycles. The highest BCUT2D eigenvalue weighted by Gasteiger charge is 2.34. The van der Waals surface area contributed by atoms with Gasteiger partial charge in [0.2, 0.25) is 5.28 Å². The normalized spacial score (nSPS) is 29.7. The maximum absolute atomic E-state index is 5.76. The number of aromatic nitrogens is 2. The van der Waals surface area contributed by atoms with Gasteiger partial charge in [-0.2, -0.15) is 0 Å². The van der Waals surface area contributed by atoms with Crippen LogP contribution in [-0.4, -0.2) is 16.0 Å². The molecule has 2 rings (SSSR count). The molecule has 3 nitrogen and oxygen atoms in total. The molecule has 1 fully saturated rings. The monoisotopic (exact) mass is 225 g/mol. The Hall–Kier alpha value is -0.830. The molecule has 1 N–H and O–H groups in total. The molecule has 4 heteroatoms. The molecule has 3 atom stereocenters. The van der Waals surface area contributed by atoms with Gasteiger partial charge in [-0.3, -0.25) is 0 Å². The number of rotatable bonds is 2. The van der Waals surface area contributed by atoms with Crippen molar-refractivity contribution in [1.29, 1.82) is 0 Å². The van der Waals surface area contributed by atoms with Crippen molar-refractivity contribution in [3.63, 3.8) is 0 Å². The second kappa shape index (κ2) is 3.97. The maximum Gasteiger partial charge on any atom is 0.224 e. The molecule has 82 valence electrons. The molecule has 3 unspecified atom stereocenters. The quantitative estimate of drug-likeness (QED) is 0.787. The lowest BCUT2D eigenvalue weighted by Gasteiger charge is -2.41. The summed E-state index contributed by atoms with van der Waals surface area (Å²) in [6.07, 6.45) is 2.96. The summed E-state index contributed by atoms with van der Waals surface area (Å²) in [7, 11) is 0. The van der Waals surface area contributed by atoms with Crippen molar-refractivity contribution in [1.82, 2.24) is 9.97 Å². The predicted molar refractivity (Wildman–Crippen MR) is 62.1 cm³/mol. The van der Waals surface area contributed by atoms with Crippen molar-refractivity contribution in [2.45, 2.75) is 33.2 Å². The zero-order chi connectivity index (χ0) is 11.0. The summed E-state index contributed by atoms with van der Waals surface area (Å²) in [5.41, 5.74) is 1.05. The summed E-state index contributed by atoms with van der Waals surface area (Å²) < 4.78 is 0. The van der Waals surface area contributed by atoms with Crippen LogP contribution < -0.4 is 5.32 Å². The van der Waals surface area contributed by atoms with Crippen molar-refractivity contribution < 1.29 is 0 Å². The highest BCUT2D eigenvalue weighted by atomic mass is 35.5. The molecule has 0 spiro atoms. The van der Waals surface area contributed by atoms with Gasteiger partial charge in [-0.15, -0.1) is 0 Å². The SMILES string of the molecule is Cc1cnc(Cl)nc1NC1CC(C)C1C. The first-order valence-electron chi connectivity index (χ1n) is 5.33. The van der Waals surface area contributed by atoms with Gasteiger partial charge in [0.1, 0.15) is 5.82 Å². The third-order valence-electron chi connectivity index (χ3n) is 3.42. The number of hydrogen-bond donors (Lipinski definition) is 1. The van der Waals surface area contributed by atoms with Crippen LogP contribution in [0.15, 0.2) is 6.20 Å². The Morgan fingerprint density at radius 1 is 1.47 bits per heavy atom. The lowest BCUT2D eigenvalue weighted by atomic mass is 9.71. The number of aryl methyl sites for hydroxylation is 1. The fourth-order valence-electron chi connectivity index (χ4n) is 1.96. The van der Waals surface area contributed by atoms with E-state index in [0.29, 0.717) is 17.2 Å². The molecule has 15 heavy (non-hydrogen) atoms. The molecule has 0 aromatic carbocycles. The fraction of sp³-hybridized carbons (Fsp3) is 0.636. The Balaban J connectivity index is 2.08. The van der Waals surface area contributed by atoms with Gasteiger partial charge in [-0.25, -0.2) is 9.97 Å². The van der Waals surface area contributed by atoms with Crippen LogP contribution in [0.5, 0.6) is 0 Å². The van der Waals surface area contributed by atoms with Crippen molar-refractivity contribution in [2.24, 2.45) is 11.8 Å². The van der Waals surface area contributed by atoms with Gasteiger partial charge in [-0.05, 0) is 36.8 Å². The van der Waals surface area contributed by atoms with E-state index in [4.69, 9.17) is 11.6 Å². The van der Waals surface area contributed by atoms with Crippen LogP contribution in [0.2, 0.25) is 5.28 Å². The van der Waals surface area contributed by atoms with Gasteiger partial charge in [0.15, 0.2) is 0 Å². The third-order valence-corrected chi connectivity index (χ3v) is 3.60. The first-order chi connectivity index (χ1) is 7.08. The van der Waals surface area contributed by atoms with Gasteiger partial charge in [0.25, 0.3) is 0 Å². The highest BCUT2D eigenvalue weighted by molar-refractivity contribution is 6.28. The maximum atomic E-state index is 5.76. The van der Waals surface area contributed by atoms with Gasteiger partial charge in [0.05, 0.1) is 0 Å². The number of anilines is 1. The molecule has 1 aromatic heterocycles. The molecule has 0 bridgehead atoms. The van der Waals surface area contributed by atoms with E-state index < -0.39 is 0 Å². The molecule has 0 aliphatic heterocycles. The largest absolute Gasteiger partial charge is 0.367 e. The highest BCUT2D eigenvalue weighted by Crippen LogP contribution is 2.35. The first-order valence-corrected chi connectivity index (χ1v) is 5.71. The molecule has 0 amide bonds. The fourth-order valence-corrected chi connectivity index (χ4v) is 2.10. The molecule has 1 aliphatic carbocycles. The number of nitrogens with one attached hydrogen (secondary N) is 1. The summed E-state index contributed by atoms with van der Waals surface area (Å²) in [6, 6.07) is 0.532. The zero-order valence-corrected chi connectivity index (χ0v) is 10.0. The van der Waals surface area contributed by atoms with Crippen molar-refractivity contribution in [3.05, 3.63) is 17.0 Å². The average Bonchev–Trinajstić information content (AvgIpc) is 2.22. The molecule has 1 heterocycles. The van der Waals surface area contributed by atoms with Crippen LogP contribution in [0.3, 0.4) is 0 Å². The zero-order valence-electron chi connectivity index (χ0n) is 9.29. The van der Waals surface area contributed by atoms with E-state index in [2.05, 4.69) is 29.1 Å². The van der Waals surface area contributed by atoms with E-state index in [9.17, 15) is 0 Å². The van der Waals surface area contributed by atoms with Crippen LogP contribution in [0.1, 0.15) is 25.8 Å². The van der Waals surface area contributed by atoms with Crippen LogP contribution in [0, 0.1) is 18.8 Å². The average molecular weight is 226 g/mol. The second-order valence-electron chi connectivity index (χ2n) is 4.49. The van der Waals surface area contributed by atoms with Gasteiger partial charge >= 0.3 is 0 Å². The Labute approximate surface area is 95.3 Å². The van der Waals surface area contributed by atoms with Gasteiger partial charge in [-0.1, -0.05) is 13.8 Å². The molecule has 1 aliphatic rings. The third kappa shape index (κ3) is 2.07. The van der Waals surface area contributed by atoms with Gasteiger partial charge in [0, 0.05) is 17.8 Å². The summed E-state index contributed by atoms with van der Waals surface area (Å²) in [5.74, 6) is 2.39. The minimum absolute atomic E-state index is 0.308. The molecular weight excluding hydrogens is 210 g/mol. The van der Waals surface area contributed by atoms with Crippen LogP contribution in [0.4, 0.5) is 5.82 Å². The second-order valence-corrected chi connectivity index (χ2v) is 4.83. The Kier molecular flexibility index (Phi) is 2.83. The molecule has 1 saturated carbocycles. The minimum atomic E-state index is 0.308. The van der Waals surface area contributed by atoms with Crippen molar-refractivity contribution >= 4 is 17.4 Å². The minimum Gasteiger partial charge on any atom is -0.367 e. The summed E-state index contributed by atoms with van der Waals surface area (Å²) in [6.45, 7) is 6.54. The summed E-state index contributed by atoms with van der Waals surface area (Å²) in [4.78, 5) is 8.14. The summed E-state index contributed by atoms with van der Waals surface area (Å²) in [5, 5.41) is 3.74. The Bertz CT molecular complexity index is 367. The van der Waals surface area contributed by atoms with E-state index in [1.54, 1.807) is 6.20 Å². The number of nitrogens with zero attached hydrogens (tertiary/aromatic N) is 2. The smallest absolute Gasteiger partial charge is 0.224 e. The Morgan fingerprint density at radius 3 is 2.80 bits per heavy atom. The van der Waals surface area contributed by atoms with E-state index in [1.807, 2.05) is 6.92 Å². The topological polar surface area (TPSA) is 37.8 Å². The summed E-state index contributed by atoms with van der Waals surface area (Å²) >= 11 is 5.76. The van der Waals surface area contributed by atoms with Crippen molar-refractivity contribution in [2.75, 3.05) is 5.32 Å².